The number of likely N-dealkylation sites (tertiary alicyclic amines) is 1. The number of rotatable bonds is 3. The fourth-order valence-electron chi connectivity index (χ4n) is 2.61. The highest BCUT2D eigenvalue weighted by Crippen LogP contribution is 2.35. The Morgan fingerprint density at radius 3 is 2.22 bits per heavy atom. The van der Waals surface area contributed by atoms with E-state index >= 15 is 0 Å². The Hall–Kier alpha value is -1.64. The Balaban J connectivity index is 0.00000162. The van der Waals surface area contributed by atoms with Crippen LogP contribution in [0.3, 0.4) is 0 Å². The lowest BCUT2D eigenvalue weighted by Gasteiger charge is -2.39. The number of Topliss-reactive ketones (excluding diaryl/α,β-unsaturated/α-hetero) is 1. The van der Waals surface area contributed by atoms with Gasteiger partial charge < -0.3 is 4.90 Å². The molecule has 0 spiro atoms. The third-order valence-corrected chi connectivity index (χ3v) is 3.80. The van der Waals surface area contributed by atoms with Gasteiger partial charge >= 0.3 is 0 Å². The number of nitrogens with zero attached hydrogens (tertiary/aromatic N) is 1. The predicted molar refractivity (Wildman–Crippen MR) is 72.4 cm³/mol. The van der Waals surface area contributed by atoms with Crippen molar-refractivity contribution in [1.82, 2.24) is 4.90 Å². The zero-order valence-corrected chi connectivity index (χ0v) is 10.1. The molecule has 1 aliphatic heterocycles. The summed E-state index contributed by atoms with van der Waals surface area (Å²) in [5, 5.41) is 0. The Bertz CT molecular complexity index is 406. The lowest BCUT2D eigenvalue weighted by molar-refractivity contribution is -0.127. The maximum Gasteiger partial charge on any atom is 0.209 e. The van der Waals surface area contributed by atoms with Crippen LogP contribution in [0.15, 0.2) is 30.3 Å². The third kappa shape index (κ3) is 2.45. The van der Waals surface area contributed by atoms with Gasteiger partial charge in [0.2, 0.25) is 6.41 Å². The number of piperidine rings is 1. The number of carbonyl (C=O) groups excluding carboxylic acids is 2. The molecule has 0 radical (unpaired) electrons. The number of carbonyl (C=O) groups is 2. The van der Waals surface area contributed by atoms with Crippen LogP contribution in [0.1, 0.15) is 32.8 Å². The summed E-state index contributed by atoms with van der Waals surface area (Å²) >= 11 is 0. The molecule has 0 N–H and O–H groups in total. The van der Waals surface area contributed by atoms with Gasteiger partial charge in [0, 0.05) is 13.1 Å². The molecule has 3 nitrogen and oxygen atoms in total. The van der Waals surface area contributed by atoms with Crippen LogP contribution in [0.4, 0.5) is 0 Å². The number of ketones is 1. The Kier molecular flexibility index (Phi) is 4.65. The van der Waals surface area contributed by atoms with Crippen LogP contribution >= 0.6 is 0 Å². The standard InChI is InChI=1S/C14H17NO2.CH4/c1-12(17)14(13-5-3-2-4-6-13)7-9-15(11-16)10-8-14;/h2-6,11H,7-10H2,1H3;1H4. The van der Waals surface area contributed by atoms with Gasteiger partial charge in [-0.2, -0.15) is 0 Å². The number of hydrogen-bond donors (Lipinski definition) is 0. The van der Waals surface area contributed by atoms with Crippen LogP contribution in [0.5, 0.6) is 0 Å². The highest BCUT2D eigenvalue weighted by molar-refractivity contribution is 5.88. The first-order valence-electron chi connectivity index (χ1n) is 5.95. The van der Waals surface area contributed by atoms with Gasteiger partial charge in [0.15, 0.2) is 0 Å². The minimum Gasteiger partial charge on any atom is -0.345 e. The maximum atomic E-state index is 12.0. The molecule has 1 saturated heterocycles. The van der Waals surface area contributed by atoms with Crippen LogP contribution < -0.4 is 0 Å². The third-order valence-electron chi connectivity index (χ3n) is 3.80. The topological polar surface area (TPSA) is 37.4 Å². The zero-order chi connectivity index (χ0) is 12.3. The molecule has 0 aromatic heterocycles. The summed E-state index contributed by atoms with van der Waals surface area (Å²) in [7, 11) is 0. The van der Waals surface area contributed by atoms with Crippen molar-refractivity contribution in [2.45, 2.75) is 32.6 Å². The average molecular weight is 247 g/mol. The minimum absolute atomic E-state index is 0. The summed E-state index contributed by atoms with van der Waals surface area (Å²) in [4.78, 5) is 24.5. The van der Waals surface area contributed by atoms with Gasteiger partial charge in [-0.05, 0) is 25.3 Å². The molecule has 0 aliphatic carbocycles. The predicted octanol–water partition coefficient (Wildman–Crippen LogP) is 2.40. The van der Waals surface area contributed by atoms with E-state index in [0.29, 0.717) is 13.1 Å². The van der Waals surface area contributed by atoms with E-state index in [1.807, 2.05) is 30.3 Å². The highest BCUT2D eigenvalue weighted by Gasteiger charge is 2.39. The average Bonchev–Trinajstić information content (AvgIpc) is 2.39. The molecule has 2 rings (SSSR count). The van der Waals surface area contributed by atoms with E-state index < -0.39 is 0 Å². The smallest absolute Gasteiger partial charge is 0.209 e. The molecule has 0 bridgehead atoms. The summed E-state index contributed by atoms with van der Waals surface area (Å²) in [6, 6.07) is 9.91. The first-order chi connectivity index (χ1) is 8.19. The van der Waals surface area contributed by atoms with Gasteiger partial charge in [0.1, 0.15) is 5.78 Å². The summed E-state index contributed by atoms with van der Waals surface area (Å²) in [6.45, 7) is 2.99. The van der Waals surface area contributed by atoms with Gasteiger partial charge in [-0.3, -0.25) is 9.59 Å². The van der Waals surface area contributed by atoms with Gasteiger partial charge in [-0.15, -0.1) is 0 Å². The molecule has 1 aromatic carbocycles. The molecular weight excluding hydrogens is 226 g/mol. The summed E-state index contributed by atoms with van der Waals surface area (Å²) in [5.74, 6) is 0.203. The molecule has 0 unspecified atom stereocenters. The van der Waals surface area contributed by atoms with Crippen molar-refractivity contribution in [1.29, 1.82) is 0 Å². The van der Waals surface area contributed by atoms with E-state index in [4.69, 9.17) is 0 Å². The van der Waals surface area contributed by atoms with Crippen molar-refractivity contribution >= 4 is 12.2 Å². The van der Waals surface area contributed by atoms with Crippen molar-refractivity contribution in [3.05, 3.63) is 35.9 Å². The first-order valence-corrected chi connectivity index (χ1v) is 5.95. The number of amides is 1. The summed E-state index contributed by atoms with van der Waals surface area (Å²) < 4.78 is 0. The molecule has 1 amide bonds. The van der Waals surface area contributed by atoms with Crippen molar-refractivity contribution in [2.75, 3.05) is 13.1 Å². The zero-order valence-electron chi connectivity index (χ0n) is 10.1. The van der Waals surface area contributed by atoms with Crippen LogP contribution in [0, 0.1) is 0 Å². The van der Waals surface area contributed by atoms with Gasteiger partial charge in [-0.25, -0.2) is 0 Å². The summed E-state index contributed by atoms with van der Waals surface area (Å²) in [6.07, 6.45) is 2.32. The quantitative estimate of drug-likeness (QED) is 0.769. The molecule has 1 aliphatic rings. The van der Waals surface area contributed by atoms with Gasteiger partial charge in [-0.1, -0.05) is 37.8 Å². The van der Waals surface area contributed by atoms with Gasteiger partial charge in [0.25, 0.3) is 0 Å². The van der Waals surface area contributed by atoms with Crippen molar-refractivity contribution < 1.29 is 9.59 Å². The maximum absolute atomic E-state index is 12.0. The largest absolute Gasteiger partial charge is 0.345 e. The molecule has 1 heterocycles. The fraction of sp³-hybridized carbons (Fsp3) is 0.467. The second-order valence-electron chi connectivity index (χ2n) is 4.65. The lowest BCUT2D eigenvalue weighted by Crippen LogP contribution is -2.46. The monoisotopic (exact) mass is 247 g/mol. The highest BCUT2D eigenvalue weighted by atomic mass is 16.1. The molecule has 0 atom stereocenters. The van der Waals surface area contributed by atoms with E-state index in [0.717, 1.165) is 24.8 Å². The molecule has 98 valence electrons. The van der Waals surface area contributed by atoms with Crippen LogP contribution in [-0.4, -0.2) is 30.2 Å². The number of hydrogen-bond acceptors (Lipinski definition) is 2. The molecule has 3 heteroatoms. The summed E-state index contributed by atoms with van der Waals surface area (Å²) in [5.41, 5.74) is 0.693. The van der Waals surface area contributed by atoms with Crippen LogP contribution in [0.25, 0.3) is 0 Å². The van der Waals surface area contributed by atoms with Gasteiger partial charge in [0.05, 0.1) is 5.41 Å². The van der Waals surface area contributed by atoms with E-state index in [1.165, 1.54) is 0 Å². The van der Waals surface area contributed by atoms with Crippen LogP contribution in [0.2, 0.25) is 0 Å². The van der Waals surface area contributed by atoms with E-state index in [9.17, 15) is 9.59 Å². The Labute approximate surface area is 109 Å². The van der Waals surface area contributed by atoms with Crippen molar-refractivity contribution in [3.63, 3.8) is 0 Å². The molecule has 0 saturated carbocycles. The van der Waals surface area contributed by atoms with Crippen LogP contribution in [-0.2, 0) is 15.0 Å². The second kappa shape index (κ2) is 5.80. The van der Waals surface area contributed by atoms with E-state index in [-0.39, 0.29) is 18.6 Å². The molecule has 1 fully saturated rings. The van der Waals surface area contributed by atoms with E-state index in [2.05, 4.69) is 0 Å². The first kappa shape index (κ1) is 14.4. The fourth-order valence-corrected chi connectivity index (χ4v) is 2.61. The second-order valence-corrected chi connectivity index (χ2v) is 4.65. The Morgan fingerprint density at radius 2 is 1.78 bits per heavy atom. The lowest BCUT2D eigenvalue weighted by atomic mass is 9.70. The normalized spacial score (nSPS) is 17.7. The number of benzene rings is 1. The molecule has 1 aromatic rings. The van der Waals surface area contributed by atoms with Crippen molar-refractivity contribution in [3.8, 4) is 0 Å². The molecule has 18 heavy (non-hydrogen) atoms. The SMILES string of the molecule is C.CC(=O)C1(c2ccccc2)CCN(C=O)CC1. The minimum atomic E-state index is -0.388. The Morgan fingerprint density at radius 1 is 1.22 bits per heavy atom. The van der Waals surface area contributed by atoms with E-state index in [1.54, 1.807) is 11.8 Å². The van der Waals surface area contributed by atoms with Crippen molar-refractivity contribution in [2.24, 2.45) is 0 Å². The molecular formula is C15H21NO2.